The molecule has 1 aliphatic rings. The highest BCUT2D eigenvalue weighted by Crippen LogP contribution is 2.39. The van der Waals surface area contributed by atoms with Gasteiger partial charge in [0.25, 0.3) is 5.91 Å². The average molecular weight is 335 g/mol. The van der Waals surface area contributed by atoms with Gasteiger partial charge in [-0.3, -0.25) is 9.69 Å². The van der Waals surface area contributed by atoms with Gasteiger partial charge in [-0.1, -0.05) is 6.07 Å². The lowest BCUT2D eigenvalue weighted by Crippen LogP contribution is -2.27. The third-order valence-electron chi connectivity index (χ3n) is 4.89. The van der Waals surface area contributed by atoms with Crippen LogP contribution < -0.4 is 4.90 Å². The van der Waals surface area contributed by atoms with Gasteiger partial charge in [0.2, 0.25) is 0 Å². The molecule has 128 valence electrons. The van der Waals surface area contributed by atoms with Crippen molar-refractivity contribution in [3.8, 4) is 0 Å². The molecule has 0 spiro atoms. The fourth-order valence-corrected chi connectivity index (χ4v) is 3.15. The predicted molar refractivity (Wildman–Crippen MR) is 96.7 cm³/mol. The summed E-state index contributed by atoms with van der Waals surface area (Å²) in [6.07, 6.45) is 5.94. The molecular formula is C19H21N5O. The number of pyridine rings is 2. The van der Waals surface area contributed by atoms with E-state index < -0.39 is 0 Å². The van der Waals surface area contributed by atoms with E-state index in [2.05, 4.69) is 22.0 Å². The standard InChI is InChI=1S/C19H21N5O/c1-12-5-4-6-17(22-12)23(3)19(25)16-9-15-11-21-24(18(15)20-10-16)13(2)14-7-8-14/h4-6,9-11,13-14H,7-8H2,1-3H3/t13-/m0/s1. The van der Waals surface area contributed by atoms with Crippen molar-refractivity contribution in [2.75, 3.05) is 11.9 Å². The van der Waals surface area contributed by atoms with Gasteiger partial charge in [0.1, 0.15) is 5.82 Å². The van der Waals surface area contributed by atoms with E-state index >= 15 is 0 Å². The summed E-state index contributed by atoms with van der Waals surface area (Å²) in [6, 6.07) is 7.84. The molecule has 25 heavy (non-hydrogen) atoms. The Labute approximate surface area is 146 Å². The summed E-state index contributed by atoms with van der Waals surface area (Å²) >= 11 is 0. The summed E-state index contributed by atoms with van der Waals surface area (Å²) in [5.41, 5.74) is 2.25. The van der Waals surface area contributed by atoms with Gasteiger partial charge >= 0.3 is 0 Å². The number of anilines is 1. The van der Waals surface area contributed by atoms with Gasteiger partial charge in [0.05, 0.1) is 17.8 Å². The molecule has 6 nitrogen and oxygen atoms in total. The number of aromatic nitrogens is 4. The molecule has 0 aliphatic heterocycles. The topological polar surface area (TPSA) is 63.9 Å². The zero-order valence-corrected chi connectivity index (χ0v) is 14.7. The molecule has 0 radical (unpaired) electrons. The maximum Gasteiger partial charge on any atom is 0.260 e. The third-order valence-corrected chi connectivity index (χ3v) is 4.89. The number of fused-ring (bicyclic) bond motifs is 1. The molecule has 0 N–H and O–H groups in total. The van der Waals surface area contributed by atoms with E-state index in [1.165, 1.54) is 12.8 Å². The molecule has 1 aliphatic carbocycles. The van der Waals surface area contributed by atoms with Gasteiger partial charge in [-0.2, -0.15) is 5.10 Å². The van der Waals surface area contributed by atoms with Crippen LogP contribution >= 0.6 is 0 Å². The molecule has 3 aromatic rings. The van der Waals surface area contributed by atoms with Crippen molar-refractivity contribution in [3.05, 3.63) is 47.9 Å². The smallest absolute Gasteiger partial charge is 0.260 e. The van der Waals surface area contributed by atoms with E-state index in [4.69, 9.17) is 0 Å². The summed E-state index contributed by atoms with van der Waals surface area (Å²) < 4.78 is 1.98. The molecule has 0 bridgehead atoms. The SMILES string of the molecule is Cc1cccc(N(C)C(=O)c2cnc3c(cnn3[C@@H](C)C3CC3)c2)n1. The first-order valence-electron chi connectivity index (χ1n) is 8.59. The largest absolute Gasteiger partial charge is 0.296 e. The fraction of sp³-hybridized carbons (Fsp3) is 0.368. The van der Waals surface area contributed by atoms with Crippen LogP contribution in [0.2, 0.25) is 0 Å². The van der Waals surface area contributed by atoms with Gasteiger partial charge < -0.3 is 0 Å². The van der Waals surface area contributed by atoms with E-state index in [1.807, 2.05) is 35.9 Å². The van der Waals surface area contributed by atoms with Gasteiger partial charge in [-0.25, -0.2) is 14.6 Å². The molecule has 0 saturated heterocycles. The molecule has 3 aromatic heterocycles. The number of nitrogens with zero attached hydrogens (tertiary/aromatic N) is 5. The molecule has 0 aromatic carbocycles. The summed E-state index contributed by atoms with van der Waals surface area (Å²) in [5, 5.41) is 5.38. The van der Waals surface area contributed by atoms with Crippen LogP contribution in [0.25, 0.3) is 11.0 Å². The second kappa shape index (κ2) is 5.95. The van der Waals surface area contributed by atoms with Crippen molar-refractivity contribution < 1.29 is 4.79 Å². The first-order chi connectivity index (χ1) is 12.0. The minimum Gasteiger partial charge on any atom is -0.296 e. The van der Waals surface area contributed by atoms with Crippen LogP contribution in [-0.2, 0) is 0 Å². The lowest BCUT2D eigenvalue weighted by molar-refractivity contribution is 0.0992. The van der Waals surface area contributed by atoms with Crippen LogP contribution in [0.1, 0.15) is 41.9 Å². The lowest BCUT2D eigenvalue weighted by atomic mass is 10.2. The van der Waals surface area contributed by atoms with E-state index in [9.17, 15) is 4.79 Å². The maximum atomic E-state index is 12.8. The van der Waals surface area contributed by atoms with Gasteiger partial charge in [-0.15, -0.1) is 0 Å². The number of carbonyl (C=O) groups is 1. The molecule has 6 heteroatoms. The van der Waals surface area contributed by atoms with Crippen LogP contribution in [0.4, 0.5) is 5.82 Å². The third kappa shape index (κ3) is 2.88. The van der Waals surface area contributed by atoms with E-state index in [1.54, 1.807) is 24.3 Å². The second-order valence-electron chi connectivity index (χ2n) is 6.81. The summed E-state index contributed by atoms with van der Waals surface area (Å²) in [7, 11) is 1.73. The highest BCUT2D eigenvalue weighted by Gasteiger charge is 2.30. The summed E-state index contributed by atoms with van der Waals surface area (Å²) in [4.78, 5) is 23.2. The monoisotopic (exact) mass is 335 g/mol. The van der Waals surface area contributed by atoms with E-state index in [0.717, 1.165) is 16.7 Å². The second-order valence-corrected chi connectivity index (χ2v) is 6.81. The zero-order valence-electron chi connectivity index (χ0n) is 14.7. The molecule has 0 unspecified atom stereocenters. The van der Waals surface area contributed by atoms with Gasteiger partial charge in [-0.05, 0) is 50.8 Å². The van der Waals surface area contributed by atoms with E-state index in [-0.39, 0.29) is 5.91 Å². The Morgan fingerprint density at radius 1 is 1.32 bits per heavy atom. The Morgan fingerprint density at radius 2 is 2.12 bits per heavy atom. The first-order valence-corrected chi connectivity index (χ1v) is 8.59. The molecule has 1 amide bonds. The van der Waals surface area contributed by atoms with Crippen molar-refractivity contribution in [2.24, 2.45) is 5.92 Å². The molecule has 1 saturated carbocycles. The number of hydrogen-bond acceptors (Lipinski definition) is 4. The quantitative estimate of drug-likeness (QED) is 0.733. The Morgan fingerprint density at radius 3 is 2.84 bits per heavy atom. The Bertz CT molecular complexity index is 944. The van der Waals surface area contributed by atoms with Crippen molar-refractivity contribution in [1.82, 2.24) is 19.7 Å². The number of carbonyl (C=O) groups excluding carboxylic acids is 1. The lowest BCUT2D eigenvalue weighted by Gasteiger charge is -2.16. The predicted octanol–water partition coefficient (Wildman–Crippen LogP) is 3.38. The first kappa shape index (κ1) is 15.7. The minimum atomic E-state index is -0.129. The van der Waals surface area contributed by atoms with Crippen molar-refractivity contribution in [3.63, 3.8) is 0 Å². The Hall–Kier alpha value is -2.76. The number of rotatable bonds is 4. The zero-order chi connectivity index (χ0) is 17.6. The number of hydrogen-bond donors (Lipinski definition) is 0. The van der Waals surface area contributed by atoms with Crippen LogP contribution in [0.3, 0.4) is 0 Å². The van der Waals surface area contributed by atoms with E-state index in [0.29, 0.717) is 23.3 Å². The van der Waals surface area contributed by atoms with Crippen LogP contribution in [-0.4, -0.2) is 32.7 Å². The van der Waals surface area contributed by atoms with Crippen molar-refractivity contribution in [1.29, 1.82) is 0 Å². The molecule has 1 fully saturated rings. The van der Waals surface area contributed by atoms with Crippen LogP contribution in [0, 0.1) is 12.8 Å². The highest BCUT2D eigenvalue weighted by atomic mass is 16.2. The van der Waals surface area contributed by atoms with Gasteiger partial charge in [0.15, 0.2) is 5.65 Å². The normalized spacial score (nSPS) is 15.3. The average Bonchev–Trinajstić information content (AvgIpc) is 3.39. The Kier molecular flexibility index (Phi) is 3.75. The molecule has 4 rings (SSSR count). The molecular weight excluding hydrogens is 314 g/mol. The van der Waals surface area contributed by atoms with Crippen molar-refractivity contribution in [2.45, 2.75) is 32.7 Å². The minimum absolute atomic E-state index is 0.129. The van der Waals surface area contributed by atoms with Crippen LogP contribution in [0.5, 0.6) is 0 Å². The summed E-state index contributed by atoms with van der Waals surface area (Å²) in [6.45, 7) is 4.09. The maximum absolute atomic E-state index is 12.8. The molecule has 1 atom stereocenters. The Balaban J connectivity index is 1.64. The molecule has 3 heterocycles. The fourth-order valence-electron chi connectivity index (χ4n) is 3.15. The van der Waals surface area contributed by atoms with Gasteiger partial charge in [0, 0.05) is 24.3 Å². The number of amides is 1. The van der Waals surface area contributed by atoms with Crippen LogP contribution in [0.15, 0.2) is 36.7 Å². The summed E-state index contributed by atoms with van der Waals surface area (Å²) in [5.74, 6) is 1.20. The number of aryl methyl sites for hydroxylation is 1. The van der Waals surface area contributed by atoms with Crippen molar-refractivity contribution >= 4 is 22.8 Å². The highest BCUT2D eigenvalue weighted by molar-refractivity contribution is 6.06.